The van der Waals surface area contributed by atoms with E-state index in [-0.39, 0.29) is 11.6 Å². The first-order chi connectivity index (χ1) is 9.15. The molecule has 0 atom stereocenters. The number of ketones is 1. The van der Waals surface area contributed by atoms with Crippen molar-refractivity contribution in [2.45, 2.75) is 12.8 Å². The molecule has 0 saturated carbocycles. The molecule has 19 heavy (non-hydrogen) atoms. The first-order valence-corrected chi connectivity index (χ1v) is 6.17. The number of hydrogen-bond acceptors (Lipinski definition) is 2. The summed E-state index contributed by atoms with van der Waals surface area (Å²) >= 11 is 0. The number of aryl methyl sites for hydroxylation is 1. The van der Waals surface area contributed by atoms with Crippen LogP contribution in [0.1, 0.15) is 28.0 Å². The highest BCUT2D eigenvalue weighted by Gasteiger charge is 2.24. The van der Waals surface area contributed by atoms with Gasteiger partial charge >= 0.3 is 0 Å². The number of rotatable bonds is 1. The average Bonchev–Trinajstić information content (AvgIpc) is 2.78. The molecule has 1 aromatic heterocycles. The molecule has 1 aromatic carbocycles. The molecule has 0 N–H and O–H groups in total. The zero-order valence-corrected chi connectivity index (χ0v) is 10.6. The average molecular weight is 256 g/mol. The minimum Gasteiger partial charge on any atom is -0.289 e. The Morgan fingerprint density at radius 3 is 2.74 bits per heavy atom. The molecule has 1 heterocycles. The van der Waals surface area contributed by atoms with Gasteiger partial charge in [0.05, 0.1) is 11.8 Å². The van der Waals surface area contributed by atoms with E-state index in [9.17, 15) is 9.18 Å². The fraction of sp³-hybridized carbons (Fsp3) is 0.200. The predicted molar refractivity (Wildman–Crippen MR) is 70.2 cm³/mol. The molecule has 3 rings (SSSR count). The van der Waals surface area contributed by atoms with Gasteiger partial charge in [-0.1, -0.05) is 12.1 Å². The van der Waals surface area contributed by atoms with Crippen molar-refractivity contribution in [2.24, 2.45) is 7.05 Å². The number of nitrogens with zero attached hydrogens (tertiary/aromatic N) is 2. The normalized spacial score (nSPS) is 16.7. The number of hydrogen-bond donors (Lipinski definition) is 0. The first-order valence-electron chi connectivity index (χ1n) is 6.17. The van der Waals surface area contributed by atoms with Gasteiger partial charge in [-0.25, -0.2) is 4.39 Å². The van der Waals surface area contributed by atoms with E-state index in [4.69, 9.17) is 0 Å². The fourth-order valence-corrected chi connectivity index (χ4v) is 2.39. The van der Waals surface area contributed by atoms with Crippen LogP contribution in [0, 0.1) is 5.82 Å². The molecule has 0 amide bonds. The summed E-state index contributed by atoms with van der Waals surface area (Å²) in [6, 6.07) is 6.15. The lowest BCUT2D eigenvalue weighted by atomic mass is 9.90. The highest BCUT2D eigenvalue weighted by atomic mass is 19.1. The molecule has 0 unspecified atom stereocenters. The maximum absolute atomic E-state index is 12.8. The van der Waals surface area contributed by atoms with Gasteiger partial charge in [0.25, 0.3) is 0 Å². The molecule has 2 aromatic rings. The van der Waals surface area contributed by atoms with E-state index in [1.54, 1.807) is 23.0 Å². The molecule has 0 bridgehead atoms. The summed E-state index contributed by atoms with van der Waals surface area (Å²) in [5.74, 6) is -0.245. The summed E-state index contributed by atoms with van der Waals surface area (Å²) in [6.45, 7) is 0. The van der Waals surface area contributed by atoms with E-state index in [1.165, 1.54) is 12.1 Å². The number of Topliss-reactive ketones (excluding diaryl/α,β-unsaturated/α-hetero) is 1. The summed E-state index contributed by atoms with van der Waals surface area (Å²) in [5.41, 5.74) is 3.27. The number of carbonyl (C=O) groups is 1. The Balaban J connectivity index is 1.95. The van der Waals surface area contributed by atoms with Crippen LogP contribution in [-0.2, 0) is 13.5 Å². The summed E-state index contributed by atoms with van der Waals surface area (Å²) in [7, 11) is 1.85. The van der Waals surface area contributed by atoms with Crippen LogP contribution in [0.5, 0.6) is 0 Å². The molecule has 0 aliphatic heterocycles. The number of benzene rings is 1. The number of aromatic nitrogens is 2. The van der Waals surface area contributed by atoms with Crippen LogP contribution in [0.4, 0.5) is 4.39 Å². The summed E-state index contributed by atoms with van der Waals surface area (Å²) < 4.78 is 14.6. The molecule has 0 radical (unpaired) electrons. The van der Waals surface area contributed by atoms with E-state index in [2.05, 4.69) is 5.10 Å². The predicted octanol–water partition coefficient (Wildman–Crippen LogP) is 2.77. The van der Waals surface area contributed by atoms with E-state index in [0.29, 0.717) is 12.0 Å². The quantitative estimate of drug-likeness (QED) is 0.735. The van der Waals surface area contributed by atoms with Gasteiger partial charge in [0.2, 0.25) is 0 Å². The van der Waals surface area contributed by atoms with Crippen molar-refractivity contribution in [1.29, 1.82) is 0 Å². The topological polar surface area (TPSA) is 34.9 Å². The molecule has 4 heteroatoms. The van der Waals surface area contributed by atoms with Gasteiger partial charge in [0, 0.05) is 18.3 Å². The second kappa shape index (κ2) is 4.46. The Hall–Kier alpha value is -2.23. The summed E-state index contributed by atoms with van der Waals surface area (Å²) in [6.07, 6.45) is 4.96. The van der Waals surface area contributed by atoms with Gasteiger partial charge in [-0.3, -0.25) is 9.48 Å². The molecule has 0 fully saturated rings. The summed E-state index contributed by atoms with van der Waals surface area (Å²) in [4.78, 5) is 12.3. The smallest absolute Gasteiger partial charge is 0.192 e. The van der Waals surface area contributed by atoms with Crippen LogP contribution in [-0.4, -0.2) is 15.6 Å². The van der Waals surface area contributed by atoms with Crippen molar-refractivity contribution < 1.29 is 9.18 Å². The highest BCUT2D eigenvalue weighted by molar-refractivity contribution is 6.12. The van der Waals surface area contributed by atoms with E-state index < -0.39 is 0 Å². The largest absolute Gasteiger partial charge is 0.289 e. The van der Waals surface area contributed by atoms with Crippen LogP contribution in [0.15, 0.2) is 36.0 Å². The fourth-order valence-electron chi connectivity index (χ4n) is 2.39. The number of allylic oxidation sites excluding steroid dienone is 1. The molecule has 0 saturated heterocycles. The van der Waals surface area contributed by atoms with Crippen molar-refractivity contribution in [1.82, 2.24) is 9.78 Å². The monoisotopic (exact) mass is 256 g/mol. The third-order valence-corrected chi connectivity index (χ3v) is 3.44. The molecule has 96 valence electrons. The highest BCUT2D eigenvalue weighted by Crippen LogP contribution is 2.26. The van der Waals surface area contributed by atoms with Crippen molar-refractivity contribution in [2.75, 3.05) is 0 Å². The Morgan fingerprint density at radius 2 is 2.00 bits per heavy atom. The molecular weight excluding hydrogens is 243 g/mol. The van der Waals surface area contributed by atoms with Crippen LogP contribution < -0.4 is 0 Å². The Labute approximate surface area is 110 Å². The number of fused-ring (bicyclic) bond motifs is 1. The van der Waals surface area contributed by atoms with Crippen molar-refractivity contribution in [3.05, 3.63) is 58.7 Å². The maximum atomic E-state index is 12.8. The molecular formula is C15H13FN2O. The maximum Gasteiger partial charge on any atom is 0.192 e. The third kappa shape index (κ3) is 2.10. The zero-order valence-electron chi connectivity index (χ0n) is 10.6. The zero-order chi connectivity index (χ0) is 13.4. The van der Waals surface area contributed by atoms with E-state index in [1.807, 2.05) is 13.1 Å². The lowest BCUT2D eigenvalue weighted by Gasteiger charge is -2.14. The van der Waals surface area contributed by atoms with Gasteiger partial charge in [-0.2, -0.15) is 5.10 Å². The van der Waals surface area contributed by atoms with Gasteiger partial charge in [0.1, 0.15) is 5.82 Å². The Bertz CT molecular complexity index is 668. The van der Waals surface area contributed by atoms with Crippen LogP contribution >= 0.6 is 0 Å². The lowest BCUT2D eigenvalue weighted by molar-refractivity contribution is 0.102. The van der Waals surface area contributed by atoms with Gasteiger partial charge < -0.3 is 0 Å². The second-order valence-electron chi connectivity index (χ2n) is 4.68. The van der Waals surface area contributed by atoms with Crippen molar-refractivity contribution >= 4 is 11.9 Å². The van der Waals surface area contributed by atoms with Gasteiger partial charge in [-0.05, 0) is 36.6 Å². The second-order valence-corrected chi connectivity index (χ2v) is 4.68. The van der Waals surface area contributed by atoms with Gasteiger partial charge in [0.15, 0.2) is 5.78 Å². The SMILES string of the molecule is Cn1ncc2c1CC/C(=C/c1ccc(F)cc1)C2=O. The molecule has 1 aliphatic rings. The van der Waals surface area contributed by atoms with Gasteiger partial charge in [-0.15, -0.1) is 0 Å². The molecule has 3 nitrogen and oxygen atoms in total. The Morgan fingerprint density at radius 1 is 1.26 bits per heavy atom. The Kier molecular flexibility index (Phi) is 2.78. The summed E-state index contributed by atoms with van der Waals surface area (Å²) in [5, 5.41) is 4.12. The minimum absolute atomic E-state index is 0.0266. The first kappa shape index (κ1) is 11.8. The van der Waals surface area contributed by atoms with Crippen LogP contribution in [0.25, 0.3) is 6.08 Å². The lowest BCUT2D eigenvalue weighted by Crippen LogP contribution is -2.14. The van der Waals surface area contributed by atoms with Crippen LogP contribution in [0.3, 0.4) is 0 Å². The molecule has 1 aliphatic carbocycles. The third-order valence-electron chi connectivity index (χ3n) is 3.44. The van der Waals surface area contributed by atoms with Crippen molar-refractivity contribution in [3.8, 4) is 0 Å². The van der Waals surface area contributed by atoms with E-state index in [0.717, 1.165) is 23.3 Å². The van der Waals surface area contributed by atoms with E-state index >= 15 is 0 Å². The minimum atomic E-state index is -0.272. The number of carbonyl (C=O) groups excluding carboxylic acids is 1. The van der Waals surface area contributed by atoms with Crippen LogP contribution in [0.2, 0.25) is 0 Å². The standard InChI is InChI=1S/C15H13FN2O/c1-18-14-7-4-11(15(19)13(14)9-17-18)8-10-2-5-12(16)6-3-10/h2-3,5-6,8-9H,4,7H2,1H3/b11-8-. The number of halogens is 1. The van der Waals surface area contributed by atoms with Crippen molar-refractivity contribution in [3.63, 3.8) is 0 Å². The molecule has 0 spiro atoms.